The largest absolute Gasteiger partial charge is 0.416 e. The highest BCUT2D eigenvalue weighted by atomic mass is 19.4. The lowest BCUT2D eigenvalue weighted by Crippen LogP contribution is -2.32. The molecule has 0 aliphatic carbocycles. The SMILES string of the molecule is O=C(Nc1cccc(NC(=O)N2CCCC2)c1)c1ccc(C(F)(F)F)cc1. The van der Waals surface area contributed by atoms with Crippen molar-refractivity contribution in [3.63, 3.8) is 0 Å². The fourth-order valence-electron chi connectivity index (χ4n) is 2.81. The van der Waals surface area contributed by atoms with Crippen molar-refractivity contribution < 1.29 is 22.8 Å². The van der Waals surface area contributed by atoms with Gasteiger partial charge in [0.2, 0.25) is 0 Å². The lowest BCUT2D eigenvalue weighted by Gasteiger charge is -2.16. The minimum Gasteiger partial charge on any atom is -0.325 e. The Labute approximate surface area is 154 Å². The molecule has 3 rings (SSSR count). The van der Waals surface area contributed by atoms with Crippen molar-refractivity contribution in [1.82, 2.24) is 4.90 Å². The number of nitrogens with zero attached hydrogens (tertiary/aromatic N) is 1. The zero-order valence-electron chi connectivity index (χ0n) is 14.3. The number of likely N-dealkylation sites (tertiary alicyclic amines) is 1. The molecule has 27 heavy (non-hydrogen) atoms. The van der Waals surface area contributed by atoms with Gasteiger partial charge in [0.05, 0.1) is 5.56 Å². The normalized spacial score (nSPS) is 14.1. The van der Waals surface area contributed by atoms with Gasteiger partial charge in [-0.1, -0.05) is 6.07 Å². The van der Waals surface area contributed by atoms with Crippen LogP contribution >= 0.6 is 0 Å². The van der Waals surface area contributed by atoms with Crippen LogP contribution in [-0.4, -0.2) is 29.9 Å². The van der Waals surface area contributed by atoms with E-state index in [1.807, 2.05) is 0 Å². The van der Waals surface area contributed by atoms with Crippen molar-refractivity contribution in [2.24, 2.45) is 0 Å². The minimum absolute atomic E-state index is 0.106. The molecule has 1 heterocycles. The monoisotopic (exact) mass is 377 g/mol. The van der Waals surface area contributed by atoms with Crippen molar-refractivity contribution in [2.75, 3.05) is 23.7 Å². The molecule has 3 amide bonds. The van der Waals surface area contributed by atoms with Crippen molar-refractivity contribution in [3.05, 3.63) is 59.7 Å². The van der Waals surface area contributed by atoms with E-state index in [0.717, 1.165) is 50.2 Å². The Balaban J connectivity index is 1.65. The van der Waals surface area contributed by atoms with Crippen LogP contribution in [0.3, 0.4) is 0 Å². The molecule has 1 aliphatic heterocycles. The number of anilines is 2. The summed E-state index contributed by atoms with van der Waals surface area (Å²) >= 11 is 0. The topological polar surface area (TPSA) is 61.4 Å². The molecule has 0 aromatic heterocycles. The second-order valence-electron chi connectivity index (χ2n) is 6.23. The van der Waals surface area contributed by atoms with Gasteiger partial charge in [-0.3, -0.25) is 4.79 Å². The van der Waals surface area contributed by atoms with Crippen LogP contribution < -0.4 is 10.6 Å². The Hall–Kier alpha value is -3.03. The molecule has 8 heteroatoms. The summed E-state index contributed by atoms with van der Waals surface area (Å²) in [6, 6.07) is 10.4. The molecule has 142 valence electrons. The summed E-state index contributed by atoms with van der Waals surface area (Å²) in [6.07, 6.45) is -2.48. The summed E-state index contributed by atoms with van der Waals surface area (Å²) in [7, 11) is 0. The number of hydrogen-bond acceptors (Lipinski definition) is 2. The molecule has 0 saturated carbocycles. The van der Waals surface area contributed by atoms with Crippen LogP contribution in [0.25, 0.3) is 0 Å². The molecule has 1 saturated heterocycles. The van der Waals surface area contributed by atoms with Crippen LogP contribution in [0.15, 0.2) is 48.5 Å². The summed E-state index contributed by atoms with van der Waals surface area (Å²) in [5.41, 5.74) is 0.247. The average Bonchev–Trinajstić information content (AvgIpc) is 3.16. The fourth-order valence-corrected chi connectivity index (χ4v) is 2.81. The van der Waals surface area contributed by atoms with E-state index in [-0.39, 0.29) is 11.6 Å². The highest BCUT2D eigenvalue weighted by Gasteiger charge is 2.30. The van der Waals surface area contributed by atoms with E-state index in [2.05, 4.69) is 10.6 Å². The maximum atomic E-state index is 12.6. The molecule has 2 aromatic rings. The van der Waals surface area contributed by atoms with Crippen LogP contribution in [0, 0.1) is 0 Å². The van der Waals surface area contributed by atoms with Gasteiger partial charge < -0.3 is 15.5 Å². The molecule has 0 spiro atoms. The highest BCUT2D eigenvalue weighted by molar-refractivity contribution is 6.04. The predicted octanol–water partition coefficient (Wildman–Crippen LogP) is 4.59. The maximum Gasteiger partial charge on any atom is 0.416 e. The van der Waals surface area contributed by atoms with Gasteiger partial charge in [-0.2, -0.15) is 13.2 Å². The van der Waals surface area contributed by atoms with Crippen LogP contribution in [-0.2, 0) is 6.18 Å². The number of alkyl halides is 3. The van der Waals surface area contributed by atoms with Gasteiger partial charge in [0, 0.05) is 30.0 Å². The van der Waals surface area contributed by atoms with E-state index in [9.17, 15) is 22.8 Å². The first kappa shape index (κ1) is 18.8. The number of hydrogen-bond donors (Lipinski definition) is 2. The standard InChI is InChI=1S/C19H18F3N3O2/c20-19(21,22)14-8-6-13(7-9-14)17(26)23-15-4-3-5-16(12-15)24-18(27)25-10-1-2-11-25/h3-9,12H,1-2,10-11H2,(H,23,26)(H,24,27). The summed E-state index contributed by atoms with van der Waals surface area (Å²) in [5.74, 6) is -0.535. The average molecular weight is 377 g/mol. The molecule has 0 bridgehead atoms. The summed E-state index contributed by atoms with van der Waals surface area (Å²) in [4.78, 5) is 26.1. The third kappa shape index (κ3) is 4.78. The quantitative estimate of drug-likeness (QED) is 0.822. The minimum atomic E-state index is -4.45. The Morgan fingerprint density at radius 1 is 0.889 bits per heavy atom. The molecule has 1 aliphatic rings. The van der Waals surface area contributed by atoms with E-state index in [1.54, 1.807) is 29.2 Å². The highest BCUT2D eigenvalue weighted by Crippen LogP contribution is 2.29. The molecular formula is C19H18F3N3O2. The van der Waals surface area contributed by atoms with E-state index in [1.165, 1.54) is 0 Å². The third-order valence-corrected chi connectivity index (χ3v) is 4.24. The zero-order valence-corrected chi connectivity index (χ0v) is 14.3. The number of urea groups is 1. The second kappa shape index (κ2) is 7.69. The maximum absolute atomic E-state index is 12.6. The first-order valence-corrected chi connectivity index (χ1v) is 8.47. The molecule has 1 fully saturated rings. The predicted molar refractivity (Wildman–Crippen MR) is 95.7 cm³/mol. The van der Waals surface area contributed by atoms with Crippen LogP contribution in [0.4, 0.5) is 29.3 Å². The Morgan fingerprint density at radius 3 is 2.07 bits per heavy atom. The van der Waals surface area contributed by atoms with Crippen molar-refractivity contribution >= 4 is 23.3 Å². The number of nitrogens with one attached hydrogen (secondary N) is 2. The fraction of sp³-hybridized carbons (Fsp3) is 0.263. The Bertz CT molecular complexity index is 829. The van der Waals surface area contributed by atoms with Gasteiger partial charge in [0.1, 0.15) is 0 Å². The molecule has 0 atom stereocenters. The van der Waals surface area contributed by atoms with E-state index >= 15 is 0 Å². The molecule has 0 radical (unpaired) electrons. The van der Waals surface area contributed by atoms with E-state index in [0.29, 0.717) is 11.4 Å². The number of halogens is 3. The van der Waals surface area contributed by atoms with Gasteiger partial charge in [0.25, 0.3) is 5.91 Å². The van der Waals surface area contributed by atoms with E-state index < -0.39 is 17.6 Å². The first-order valence-electron chi connectivity index (χ1n) is 8.47. The summed E-state index contributed by atoms with van der Waals surface area (Å²) in [6.45, 7) is 1.44. The zero-order chi connectivity index (χ0) is 19.4. The Morgan fingerprint density at radius 2 is 1.48 bits per heavy atom. The van der Waals surface area contributed by atoms with E-state index in [4.69, 9.17) is 0 Å². The molecule has 0 unspecified atom stereocenters. The molecule has 5 nitrogen and oxygen atoms in total. The lowest BCUT2D eigenvalue weighted by molar-refractivity contribution is -0.137. The first-order chi connectivity index (χ1) is 12.8. The van der Waals surface area contributed by atoms with Crippen molar-refractivity contribution in [2.45, 2.75) is 19.0 Å². The second-order valence-corrected chi connectivity index (χ2v) is 6.23. The molecule has 2 N–H and O–H groups in total. The van der Waals surface area contributed by atoms with Gasteiger partial charge in [-0.25, -0.2) is 4.79 Å². The summed E-state index contributed by atoms with van der Waals surface area (Å²) < 4.78 is 37.8. The van der Waals surface area contributed by atoms with Gasteiger partial charge in [0.15, 0.2) is 0 Å². The van der Waals surface area contributed by atoms with Gasteiger partial charge in [-0.15, -0.1) is 0 Å². The lowest BCUT2D eigenvalue weighted by atomic mass is 10.1. The summed E-state index contributed by atoms with van der Waals surface area (Å²) in [5, 5.41) is 5.39. The Kier molecular flexibility index (Phi) is 5.34. The van der Waals surface area contributed by atoms with Gasteiger partial charge in [-0.05, 0) is 55.3 Å². The molecule has 2 aromatic carbocycles. The number of carbonyl (C=O) groups is 2. The smallest absolute Gasteiger partial charge is 0.325 e. The van der Waals surface area contributed by atoms with Crippen LogP contribution in [0.1, 0.15) is 28.8 Å². The van der Waals surface area contributed by atoms with Crippen LogP contribution in [0.2, 0.25) is 0 Å². The third-order valence-electron chi connectivity index (χ3n) is 4.24. The molecular weight excluding hydrogens is 359 g/mol. The van der Waals surface area contributed by atoms with Crippen molar-refractivity contribution in [1.29, 1.82) is 0 Å². The van der Waals surface area contributed by atoms with Crippen molar-refractivity contribution in [3.8, 4) is 0 Å². The van der Waals surface area contributed by atoms with Gasteiger partial charge >= 0.3 is 12.2 Å². The number of rotatable bonds is 3. The number of carbonyl (C=O) groups excluding carboxylic acids is 2. The number of amides is 3. The number of benzene rings is 2. The van der Waals surface area contributed by atoms with Crippen LogP contribution in [0.5, 0.6) is 0 Å².